The van der Waals surface area contributed by atoms with Gasteiger partial charge in [-0.3, -0.25) is 14.5 Å². The van der Waals surface area contributed by atoms with E-state index in [4.69, 9.17) is 10.8 Å². The number of carboxylic acid groups (broad SMARTS) is 1. The molecule has 0 radical (unpaired) electrons. The standard InChI is InChI=1S/C8H16N2O3/c1-6(2)10(5-8(12)13)4-3-7(9)11/h6H,3-5H2,1-2H3,(H2,9,11)(H,12,13). The summed E-state index contributed by atoms with van der Waals surface area (Å²) in [5, 5.41) is 8.54. The summed E-state index contributed by atoms with van der Waals surface area (Å²) in [7, 11) is 0. The number of nitrogens with zero attached hydrogens (tertiary/aromatic N) is 1. The fraction of sp³-hybridized carbons (Fsp3) is 0.750. The molecule has 0 rings (SSSR count). The molecule has 0 bridgehead atoms. The van der Waals surface area contributed by atoms with Gasteiger partial charge in [-0.1, -0.05) is 0 Å². The van der Waals surface area contributed by atoms with Crippen molar-refractivity contribution in [2.24, 2.45) is 5.73 Å². The lowest BCUT2D eigenvalue weighted by Gasteiger charge is -2.23. The summed E-state index contributed by atoms with van der Waals surface area (Å²) in [6.45, 7) is 4.11. The summed E-state index contributed by atoms with van der Waals surface area (Å²) in [4.78, 5) is 22.5. The van der Waals surface area contributed by atoms with E-state index in [1.54, 1.807) is 4.90 Å². The lowest BCUT2D eigenvalue weighted by Crippen LogP contribution is -2.37. The van der Waals surface area contributed by atoms with E-state index in [1.165, 1.54) is 0 Å². The Kier molecular flexibility index (Phi) is 5.06. The van der Waals surface area contributed by atoms with Crippen LogP contribution in [0.1, 0.15) is 20.3 Å². The maximum atomic E-state index is 10.5. The Hall–Kier alpha value is -1.10. The SMILES string of the molecule is CC(C)N(CCC(N)=O)CC(=O)O. The van der Waals surface area contributed by atoms with Gasteiger partial charge in [0.15, 0.2) is 0 Å². The second-order valence-electron chi connectivity index (χ2n) is 3.17. The average molecular weight is 188 g/mol. The predicted octanol–water partition coefficient (Wildman–Crippen LogP) is -0.343. The second-order valence-corrected chi connectivity index (χ2v) is 3.17. The zero-order chi connectivity index (χ0) is 10.4. The molecule has 0 aliphatic rings. The summed E-state index contributed by atoms with van der Waals surface area (Å²) in [5.41, 5.74) is 4.96. The normalized spacial score (nSPS) is 10.8. The molecule has 5 nitrogen and oxygen atoms in total. The summed E-state index contributed by atoms with van der Waals surface area (Å²) in [6, 6.07) is 0.107. The summed E-state index contributed by atoms with van der Waals surface area (Å²) >= 11 is 0. The highest BCUT2D eigenvalue weighted by Gasteiger charge is 2.13. The monoisotopic (exact) mass is 188 g/mol. The molecule has 0 aliphatic heterocycles. The van der Waals surface area contributed by atoms with Gasteiger partial charge in [-0.25, -0.2) is 0 Å². The van der Waals surface area contributed by atoms with E-state index < -0.39 is 11.9 Å². The van der Waals surface area contributed by atoms with Gasteiger partial charge in [0.1, 0.15) is 0 Å². The molecule has 0 aromatic rings. The van der Waals surface area contributed by atoms with E-state index in [9.17, 15) is 9.59 Å². The number of hydrogen-bond acceptors (Lipinski definition) is 3. The van der Waals surface area contributed by atoms with Crippen molar-refractivity contribution in [1.82, 2.24) is 4.90 Å². The fourth-order valence-electron chi connectivity index (χ4n) is 0.947. The molecule has 13 heavy (non-hydrogen) atoms. The van der Waals surface area contributed by atoms with E-state index in [-0.39, 0.29) is 19.0 Å². The number of carboxylic acids is 1. The average Bonchev–Trinajstić information content (AvgIpc) is 1.96. The first-order chi connectivity index (χ1) is 5.93. The first-order valence-electron chi connectivity index (χ1n) is 4.17. The molecule has 0 fully saturated rings. The van der Waals surface area contributed by atoms with E-state index in [2.05, 4.69) is 0 Å². The van der Waals surface area contributed by atoms with Crippen LogP contribution >= 0.6 is 0 Å². The lowest BCUT2D eigenvalue weighted by atomic mass is 10.3. The molecule has 5 heteroatoms. The van der Waals surface area contributed by atoms with Crippen molar-refractivity contribution in [2.45, 2.75) is 26.3 Å². The number of carbonyl (C=O) groups is 2. The van der Waals surface area contributed by atoms with Gasteiger partial charge < -0.3 is 10.8 Å². The Morgan fingerprint density at radius 2 is 2.00 bits per heavy atom. The quantitative estimate of drug-likeness (QED) is 0.597. The van der Waals surface area contributed by atoms with Gasteiger partial charge in [-0.2, -0.15) is 0 Å². The number of hydrogen-bond donors (Lipinski definition) is 2. The summed E-state index contributed by atoms with van der Waals surface area (Å²) in [6.07, 6.45) is 0.200. The minimum absolute atomic E-state index is 0.0506. The molecular weight excluding hydrogens is 172 g/mol. The Labute approximate surface area is 77.5 Å². The largest absolute Gasteiger partial charge is 0.480 e. The van der Waals surface area contributed by atoms with Crippen LogP contribution in [0, 0.1) is 0 Å². The van der Waals surface area contributed by atoms with E-state index in [0.29, 0.717) is 6.54 Å². The Bertz CT molecular complexity index is 192. The highest BCUT2D eigenvalue weighted by molar-refractivity contribution is 5.74. The first kappa shape index (κ1) is 11.9. The molecule has 0 spiro atoms. The van der Waals surface area contributed by atoms with Crippen LogP contribution in [0.2, 0.25) is 0 Å². The zero-order valence-electron chi connectivity index (χ0n) is 7.99. The fourth-order valence-corrected chi connectivity index (χ4v) is 0.947. The number of nitrogens with two attached hydrogens (primary N) is 1. The summed E-state index contributed by atoms with van der Waals surface area (Å²) in [5.74, 6) is -1.30. The van der Waals surface area contributed by atoms with Gasteiger partial charge >= 0.3 is 5.97 Å². The van der Waals surface area contributed by atoms with Crippen molar-refractivity contribution in [3.63, 3.8) is 0 Å². The number of amides is 1. The molecule has 0 aromatic carbocycles. The highest BCUT2D eigenvalue weighted by atomic mass is 16.4. The van der Waals surface area contributed by atoms with Crippen molar-refractivity contribution < 1.29 is 14.7 Å². The van der Waals surface area contributed by atoms with Gasteiger partial charge in [0.25, 0.3) is 0 Å². The molecule has 0 aliphatic carbocycles. The van der Waals surface area contributed by atoms with Gasteiger partial charge in [-0.15, -0.1) is 0 Å². The van der Waals surface area contributed by atoms with Crippen LogP contribution in [0.25, 0.3) is 0 Å². The number of rotatable bonds is 6. The number of carbonyl (C=O) groups excluding carboxylic acids is 1. The molecule has 0 atom stereocenters. The molecule has 0 unspecified atom stereocenters. The molecule has 0 saturated carbocycles. The van der Waals surface area contributed by atoms with Gasteiger partial charge in [-0.05, 0) is 13.8 Å². The minimum Gasteiger partial charge on any atom is -0.480 e. The number of aliphatic carboxylic acids is 1. The molecule has 3 N–H and O–H groups in total. The van der Waals surface area contributed by atoms with Crippen molar-refractivity contribution in [3.05, 3.63) is 0 Å². The number of primary amides is 1. The smallest absolute Gasteiger partial charge is 0.317 e. The van der Waals surface area contributed by atoms with E-state index in [0.717, 1.165) is 0 Å². The third-order valence-corrected chi connectivity index (χ3v) is 1.71. The maximum Gasteiger partial charge on any atom is 0.317 e. The third-order valence-electron chi connectivity index (χ3n) is 1.71. The second kappa shape index (κ2) is 5.53. The van der Waals surface area contributed by atoms with Crippen LogP contribution in [-0.2, 0) is 9.59 Å². The maximum absolute atomic E-state index is 10.5. The van der Waals surface area contributed by atoms with E-state index >= 15 is 0 Å². The van der Waals surface area contributed by atoms with Crippen LogP contribution in [0.3, 0.4) is 0 Å². The van der Waals surface area contributed by atoms with Gasteiger partial charge in [0.05, 0.1) is 6.54 Å². The molecule has 76 valence electrons. The van der Waals surface area contributed by atoms with Crippen LogP contribution < -0.4 is 5.73 Å². The topological polar surface area (TPSA) is 83.6 Å². The minimum atomic E-state index is -0.891. The Morgan fingerprint density at radius 1 is 1.46 bits per heavy atom. The molecule has 0 aromatic heterocycles. The summed E-state index contributed by atoms with van der Waals surface area (Å²) < 4.78 is 0. The van der Waals surface area contributed by atoms with Crippen LogP contribution in [-0.4, -0.2) is 41.0 Å². The Balaban J connectivity index is 3.95. The highest BCUT2D eigenvalue weighted by Crippen LogP contribution is 1.98. The lowest BCUT2D eigenvalue weighted by molar-refractivity contribution is -0.139. The molecule has 0 heterocycles. The molecular formula is C8H16N2O3. The van der Waals surface area contributed by atoms with Gasteiger partial charge in [0.2, 0.25) is 5.91 Å². The molecule has 1 amide bonds. The van der Waals surface area contributed by atoms with Crippen molar-refractivity contribution in [3.8, 4) is 0 Å². The van der Waals surface area contributed by atoms with Crippen molar-refractivity contribution >= 4 is 11.9 Å². The van der Waals surface area contributed by atoms with E-state index in [1.807, 2.05) is 13.8 Å². The third kappa shape index (κ3) is 6.10. The van der Waals surface area contributed by atoms with Gasteiger partial charge in [0, 0.05) is 19.0 Å². The zero-order valence-corrected chi connectivity index (χ0v) is 7.99. The van der Waals surface area contributed by atoms with Crippen LogP contribution in [0.4, 0.5) is 0 Å². The van der Waals surface area contributed by atoms with Crippen molar-refractivity contribution in [2.75, 3.05) is 13.1 Å². The van der Waals surface area contributed by atoms with Crippen LogP contribution in [0.15, 0.2) is 0 Å². The van der Waals surface area contributed by atoms with Crippen LogP contribution in [0.5, 0.6) is 0 Å². The Morgan fingerprint density at radius 3 is 2.31 bits per heavy atom. The molecule has 0 saturated heterocycles. The predicted molar refractivity (Wildman–Crippen MR) is 48.2 cm³/mol. The van der Waals surface area contributed by atoms with Crippen molar-refractivity contribution in [1.29, 1.82) is 0 Å². The first-order valence-corrected chi connectivity index (χ1v) is 4.17.